The van der Waals surface area contributed by atoms with Crippen LogP contribution < -0.4 is 0 Å². The van der Waals surface area contributed by atoms with E-state index in [0.717, 1.165) is 19.3 Å². The van der Waals surface area contributed by atoms with Crippen molar-refractivity contribution in [3.05, 3.63) is 0 Å². The Bertz CT molecular complexity index is 246. The monoisotopic (exact) mass is 240 g/mol. The Balaban J connectivity index is 4.37. The van der Waals surface area contributed by atoms with Gasteiger partial charge in [-0.25, -0.2) is 0 Å². The smallest absolute Gasteiger partial charge is 0.129 e. The Morgan fingerprint density at radius 3 is 1.12 bits per heavy atom. The van der Waals surface area contributed by atoms with Gasteiger partial charge in [0.05, 0.1) is 0 Å². The zero-order valence-electron chi connectivity index (χ0n) is 11.5. The lowest BCUT2D eigenvalue weighted by molar-refractivity contribution is -0.117. The molecule has 0 saturated carbocycles. The van der Waals surface area contributed by atoms with Gasteiger partial charge in [0.2, 0.25) is 0 Å². The molecule has 0 aliphatic heterocycles. The average Bonchev–Trinajstić information content (AvgIpc) is 2.21. The maximum absolute atomic E-state index is 11.0. The van der Waals surface area contributed by atoms with Crippen LogP contribution in [0.3, 0.4) is 0 Å². The summed E-state index contributed by atoms with van der Waals surface area (Å²) in [6.45, 7) is 6.81. The van der Waals surface area contributed by atoms with Crippen LogP contribution in [-0.4, -0.2) is 17.3 Å². The number of rotatable bonds is 9. The highest BCUT2D eigenvalue weighted by Crippen LogP contribution is 2.34. The Labute approximate surface area is 104 Å². The predicted octanol–water partition coefficient (Wildman–Crippen LogP) is 3.10. The Hall–Kier alpha value is -0.990. The molecule has 0 bridgehead atoms. The summed E-state index contributed by atoms with van der Waals surface area (Å²) in [5.74, 6) is 0.505. The molecule has 3 heteroatoms. The Morgan fingerprint density at radius 2 is 0.941 bits per heavy atom. The number of ketones is 3. The second-order valence-electron chi connectivity index (χ2n) is 5.42. The van der Waals surface area contributed by atoms with Crippen molar-refractivity contribution in [2.45, 2.75) is 66.2 Å². The lowest BCUT2D eigenvalue weighted by Crippen LogP contribution is -2.20. The van der Waals surface area contributed by atoms with E-state index in [2.05, 4.69) is 6.92 Å². The molecule has 0 aromatic heterocycles. The van der Waals surface area contributed by atoms with E-state index in [1.165, 1.54) is 0 Å². The van der Waals surface area contributed by atoms with Crippen LogP contribution in [0.15, 0.2) is 0 Å². The first-order valence-electron chi connectivity index (χ1n) is 6.23. The Kier molecular flexibility index (Phi) is 6.93. The van der Waals surface area contributed by atoms with Gasteiger partial charge in [0.1, 0.15) is 17.3 Å². The van der Waals surface area contributed by atoms with Gasteiger partial charge in [0.25, 0.3) is 0 Å². The first kappa shape index (κ1) is 16.0. The summed E-state index contributed by atoms with van der Waals surface area (Å²) in [5.41, 5.74) is -0.0665. The quantitative estimate of drug-likeness (QED) is 0.622. The second-order valence-corrected chi connectivity index (χ2v) is 5.42. The third-order valence-electron chi connectivity index (χ3n) is 3.24. The molecule has 0 aliphatic rings. The zero-order chi connectivity index (χ0) is 13.5. The van der Waals surface area contributed by atoms with Gasteiger partial charge >= 0.3 is 0 Å². The van der Waals surface area contributed by atoms with E-state index < -0.39 is 0 Å². The standard InChI is InChI=1S/C14H24O3/c1-11(15)5-8-14(4,9-6-12(2)16)10-7-13(3)17/h5-10H2,1-4H3. The number of hydrogen-bond acceptors (Lipinski definition) is 3. The highest BCUT2D eigenvalue weighted by Gasteiger charge is 2.25. The summed E-state index contributed by atoms with van der Waals surface area (Å²) >= 11 is 0. The van der Waals surface area contributed by atoms with Crippen molar-refractivity contribution >= 4 is 17.3 Å². The van der Waals surface area contributed by atoms with Crippen molar-refractivity contribution in [2.75, 3.05) is 0 Å². The fourth-order valence-electron chi connectivity index (χ4n) is 1.81. The molecule has 0 rings (SSSR count). The first-order chi connectivity index (χ1) is 7.75. The average molecular weight is 240 g/mol. The molecular weight excluding hydrogens is 216 g/mol. The predicted molar refractivity (Wildman–Crippen MR) is 67.9 cm³/mol. The lowest BCUT2D eigenvalue weighted by atomic mass is 9.76. The summed E-state index contributed by atoms with van der Waals surface area (Å²) in [6, 6.07) is 0. The second kappa shape index (κ2) is 7.36. The van der Waals surface area contributed by atoms with E-state index >= 15 is 0 Å². The van der Waals surface area contributed by atoms with Crippen LogP contribution in [0.25, 0.3) is 0 Å². The minimum absolute atomic E-state index is 0.0665. The van der Waals surface area contributed by atoms with Gasteiger partial charge in [-0.1, -0.05) is 6.92 Å². The normalized spacial score (nSPS) is 11.3. The highest BCUT2D eigenvalue weighted by molar-refractivity contribution is 5.76. The largest absolute Gasteiger partial charge is 0.300 e. The van der Waals surface area contributed by atoms with E-state index in [-0.39, 0.29) is 22.8 Å². The van der Waals surface area contributed by atoms with E-state index in [1.54, 1.807) is 20.8 Å². The van der Waals surface area contributed by atoms with Crippen LogP contribution in [0.4, 0.5) is 0 Å². The third kappa shape index (κ3) is 8.78. The molecule has 0 unspecified atom stereocenters. The zero-order valence-corrected chi connectivity index (χ0v) is 11.5. The summed E-state index contributed by atoms with van der Waals surface area (Å²) in [7, 11) is 0. The van der Waals surface area contributed by atoms with Crippen molar-refractivity contribution in [2.24, 2.45) is 5.41 Å². The summed E-state index contributed by atoms with van der Waals surface area (Å²) in [5, 5.41) is 0. The molecule has 0 amide bonds. The van der Waals surface area contributed by atoms with Crippen molar-refractivity contribution in [1.82, 2.24) is 0 Å². The number of carbonyl (C=O) groups is 3. The first-order valence-corrected chi connectivity index (χ1v) is 6.23. The van der Waals surface area contributed by atoms with E-state index in [1.807, 2.05) is 0 Å². The van der Waals surface area contributed by atoms with Crippen LogP contribution in [0.1, 0.15) is 66.2 Å². The van der Waals surface area contributed by atoms with Gasteiger partial charge in [-0.2, -0.15) is 0 Å². The fourth-order valence-corrected chi connectivity index (χ4v) is 1.81. The molecule has 0 radical (unpaired) electrons. The molecule has 0 aliphatic carbocycles. The van der Waals surface area contributed by atoms with Gasteiger partial charge in [0, 0.05) is 19.3 Å². The third-order valence-corrected chi connectivity index (χ3v) is 3.24. The minimum atomic E-state index is -0.0665. The minimum Gasteiger partial charge on any atom is -0.300 e. The Morgan fingerprint density at radius 1 is 0.706 bits per heavy atom. The van der Waals surface area contributed by atoms with Gasteiger partial charge in [-0.15, -0.1) is 0 Å². The van der Waals surface area contributed by atoms with Crippen LogP contribution >= 0.6 is 0 Å². The fraction of sp³-hybridized carbons (Fsp3) is 0.786. The summed E-state index contributed by atoms with van der Waals surface area (Å²) in [4.78, 5) is 33.1. The van der Waals surface area contributed by atoms with Crippen molar-refractivity contribution in [3.63, 3.8) is 0 Å². The van der Waals surface area contributed by atoms with E-state index in [9.17, 15) is 14.4 Å². The van der Waals surface area contributed by atoms with Crippen molar-refractivity contribution < 1.29 is 14.4 Å². The van der Waals surface area contributed by atoms with E-state index in [0.29, 0.717) is 19.3 Å². The molecule has 17 heavy (non-hydrogen) atoms. The summed E-state index contributed by atoms with van der Waals surface area (Å²) < 4.78 is 0. The topological polar surface area (TPSA) is 51.2 Å². The molecule has 0 heterocycles. The molecule has 0 saturated heterocycles. The molecule has 0 fully saturated rings. The molecule has 0 N–H and O–H groups in total. The van der Waals surface area contributed by atoms with Crippen molar-refractivity contribution in [1.29, 1.82) is 0 Å². The van der Waals surface area contributed by atoms with Crippen molar-refractivity contribution in [3.8, 4) is 0 Å². The van der Waals surface area contributed by atoms with Crippen LogP contribution in [0.2, 0.25) is 0 Å². The van der Waals surface area contributed by atoms with Crippen LogP contribution in [-0.2, 0) is 14.4 Å². The SMILES string of the molecule is CC(=O)CCC(C)(CCC(C)=O)CCC(C)=O. The number of hydrogen-bond donors (Lipinski definition) is 0. The molecule has 0 aromatic carbocycles. The lowest BCUT2D eigenvalue weighted by Gasteiger charge is -2.28. The summed E-state index contributed by atoms with van der Waals surface area (Å²) in [6.07, 6.45) is 3.90. The number of Topliss-reactive ketones (excluding diaryl/α,β-unsaturated/α-hetero) is 3. The maximum Gasteiger partial charge on any atom is 0.129 e. The molecule has 0 aromatic rings. The molecule has 0 atom stereocenters. The molecule has 0 spiro atoms. The molecule has 98 valence electrons. The van der Waals surface area contributed by atoms with Crippen LogP contribution in [0.5, 0.6) is 0 Å². The van der Waals surface area contributed by atoms with Gasteiger partial charge in [-0.3, -0.25) is 0 Å². The van der Waals surface area contributed by atoms with E-state index in [4.69, 9.17) is 0 Å². The highest BCUT2D eigenvalue weighted by atomic mass is 16.1. The van der Waals surface area contributed by atoms with Gasteiger partial charge in [-0.05, 0) is 45.4 Å². The molecule has 3 nitrogen and oxygen atoms in total. The maximum atomic E-state index is 11.0. The van der Waals surface area contributed by atoms with Crippen LogP contribution in [0, 0.1) is 5.41 Å². The molecular formula is C14H24O3. The van der Waals surface area contributed by atoms with Gasteiger partial charge in [0.15, 0.2) is 0 Å². The van der Waals surface area contributed by atoms with Gasteiger partial charge < -0.3 is 14.4 Å². The number of carbonyl (C=O) groups excluding carboxylic acids is 3.